The number of nitrogens with one attached hydrogen (secondary N) is 1. The fraction of sp³-hybridized carbons (Fsp3) is 0.0667. The number of thiazole rings is 1. The van der Waals surface area contributed by atoms with E-state index in [4.69, 9.17) is 11.6 Å². The molecule has 3 rings (SSSR count). The highest BCUT2D eigenvalue weighted by atomic mass is 35.5. The van der Waals surface area contributed by atoms with E-state index in [-0.39, 0.29) is 0 Å². The first-order chi connectivity index (χ1) is 9.72. The van der Waals surface area contributed by atoms with Crippen LogP contribution in [0.25, 0.3) is 10.2 Å². The SMILES string of the molecule is C/C(=N/Nc1ccc(Cl)cc1)c1nc2ccccc2s1. The lowest BCUT2D eigenvalue weighted by molar-refractivity contribution is 1.31. The molecule has 0 atom stereocenters. The summed E-state index contributed by atoms with van der Waals surface area (Å²) in [4.78, 5) is 4.57. The molecule has 1 aromatic heterocycles. The number of nitrogens with zero attached hydrogens (tertiary/aromatic N) is 2. The predicted octanol–water partition coefficient (Wildman–Crippen LogP) is 4.79. The molecule has 1 N–H and O–H groups in total. The fourth-order valence-electron chi connectivity index (χ4n) is 1.75. The quantitative estimate of drug-likeness (QED) is 0.558. The van der Waals surface area contributed by atoms with Gasteiger partial charge in [-0.05, 0) is 43.3 Å². The molecule has 0 spiro atoms. The third kappa shape index (κ3) is 2.81. The van der Waals surface area contributed by atoms with Gasteiger partial charge in [0, 0.05) is 5.02 Å². The molecule has 0 amide bonds. The van der Waals surface area contributed by atoms with Crippen LogP contribution in [0.1, 0.15) is 11.9 Å². The lowest BCUT2D eigenvalue weighted by Gasteiger charge is -2.01. The Morgan fingerprint density at radius 1 is 1.15 bits per heavy atom. The molecule has 0 aliphatic heterocycles. The van der Waals surface area contributed by atoms with Gasteiger partial charge in [-0.3, -0.25) is 5.43 Å². The van der Waals surface area contributed by atoms with Crippen molar-refractivity contribution in [3.63, 3.8) is 0 Å². The summed E-state index contributed by atoms with van der Waals surface area (Å²) in [6, 6.07) is 15.5. The van der Waals surface area contributed by atoms with Gasteiger partial charge in [0.1, 0.15) is 5.01 Å². The third-order valence-electron chi connectivity index (χ3n) is 2.80. The zero-order valence-corrected chi connectivity index (χ0v) is 12.4. The van der Waals surface area contributed by atoms with Crippen molar-refractivity contribution >= 4 is 44.6 Å². The van der Waals surface area contributed by atoms with Gasteiger partial charge in [-0.15, -0.1) is 11.3 Å². The highest BCUT2D eigenvalue weighted by Crippen LogP contribution is 2.22. The number of benzene rings is 2. The maximum atomic E-state index is 5.84. The second-order valence-corrected chi connectivity index (χ2v) is 5.77. The molecule has 0 unspecified atom stereocenters. The van der Waals surface area contributed by atoms with E-state index in [0.717, 1.165) is 21.9 Å². The largest absolute Gasteiger partial charge is 0.278 e. The molecule has 0 saturated carbocycles. The van der Waals surface area contributed by atoms with Crippen LogP contribution < -0.4 is 5.43 Å². The zero-order chi connectivity index (χ0) is 13.9. The molecule has 100 valence electrons. The Labute approximate surface area is 125 Å². The van der Waals surface area contributed by atoms with Gasteiger partial charge >= 0.3 is 0 Å². The molecule has 0 aliphatic carbocycles. The Balaban J connectivity index is 1.82. The summed E-state index contributed by atoms with van der Waals surface area (Å²) < 4.78 is 1.17. The normalized spacial score (nSPS) is 11.8. The minimum atomic E-state index is 0.711. The van der Waals surface area contributed by atoms with Crippen molar-refractivity contribution in [1.82, 2.24) is 4.98 Å². The van der Waals surface area contributed by atoms with Gasteiger partial charge in [0.2, 0.25) is 0 Å². The summed E-state index contributed by atoms with van der Waals surface area (Å²) >= 11 is 7.48. The highest BCUT2D eigenvalue weighted by molar-refractivity contribution is 7.20. The van der Waals surface area contributed by atoms with E-state index in [1.54, 1.807) is 11.3 Å². The van der Waals surface area contributed by atoms with Crippen LogP contribution in [-0.4, -0.2) is 10.7 Å². The number of anilines is 1. The van der Waals surface area contributed by atoms with Gasteiger partial charge in [0.05, 0.1) is 21.6 Å². The average Bonchev–Trinajstić information content (AvgIpc) is 2.90. The van der Waals surface area contributed by atoms with Crippen LogP contribution in [0, 0.1) is 0 Å². The number of fused-ring (bicyclic) bond motifs is 1. The number of hydrazone groups is 1. The number of halogens is 1. The van der Waals surface area contributed by atoms with Gasteiger partial charge in [0.25, 0.3) is 0 Å². The first-order valence-corrected chi connectivity index (χ1v) is 7.33. The zero-order valence-electron chi connectivity index (χ0n) is 10.8. The van der Waals surface area contributed by atoms with Crippen molar-refractivity contribution in [1.29, 1.82) is 0 Å². The van der Waals surface area contributed by atoms with Crippen molar-refractivity contribution in [2.75, 3.05) is 5.43 Å². The Morgan fingerprint density at radius 2 is 1.90 bits per heavy atom. The number of hydrogen-bond donors (Lipinski definition) is 1. The Bertz CT molecular complexity index is 729. The predicted molar refractivity (Wildman–Crippen MR) is 86.9 cm³/mol. The second-order valence-electron chi connectivity index (χ2n) is 4.30. The van der Waals surface area contributed by atoms with Crippen LogP contribution in [-0.2, 0) is 0 Å². The minimum absolute atomic E-state index is 0.711. The van der Waals surface area contributed by atoms with Crippen molar-refractivity contribution in [3.05, 3.63) is 58.6 Å². The molecule has 0 aliphatic rings. The van der Waals surface area contributed by atoms with E-state index in [1.807, 2.05) is 49.4 Å². The van der Waals surface area contributed by atoms with Crippen LogP contribution in [0.15, 0.2) is 53.6 Å². The molecule has 0 fully saturated rings. The summed E-state index contributed by atoms with van der Waals surface area (Å²) in [6.07, 6.45) is 0. The molecule has 0 radical (unpaired) electrons. The number of rotatable bonds is 3. The molecular weight excluding hydrogens is 290 g/mol. The van der Waals surface area contributed by atoms with Gasteiger partial charge in [-0.1, -0.05) is 23.7 Å². The second kappa shape index (κ2) is 5.61. The van der Waals surface area contributed by atoms with E-state index in [9.17, 15) is 0 Å². The Morgan fingerprint density at radius 3 is 2.65 bits per heavy atom. The standard InChI is InChI=1S/C15H12ClN3S/c1-10(18-19-12-8-6-11(16)7-9-12)15-17-13-4-2-3-5-14(13)20-15/h2-9,19H,1H3/b18-10-. The van der Waals surface area contributed by atoms with Gasteiger partial charge in [-0.25, -0.2) is 4.98 Å². The van der Waals surface area contributed by atoms with Crippen LogP contribution in [0.4, 0.5) is 5.69 Å². The topological polar surface area (TPSA) is 37.3 Å². The van der Waals surface area contributed by atoms with E-state index in [0.29, 0.717) is 5.02 Å². The summed E-state index contributed by atoms with van der Waals surface area (Å²) in [5, 5.41) is 6.00. The summed E-state index contributed by atoms with van der Waals surface area (Å²) in [5.74, 6) is 0. The molecule has 3 nitrogen and oxygen atoms in total. The van der Waals surface area contributed by atoms with Crippen molar-refractivity contribution < 1.29 is 0 Å². The van der Waals surface area contributed by atoms with E-state index < -0.39 is 0 Å². The Kier molecular flexibility index (Phi) is 3.67. The van der Waals surface area contributed by atoms with Gasteiger partial charge < -0.3 is 0 Å². The van der Waals surface area contributed by atoms with Crippen molar-refractivity contribution in [2.45, 2.75) is 6.92 Å². The van der Waals surface area contributed by atoms with E-state index >= 15 is 0 Å². The molecule has 3 aromatic rings. The third-order valence-corrected chi connectivity index (χ3v) is 4.20. The molecule has 0 saturated heterocycles. The maximum absolute atomic E-state index is 5.84. The Hall–Kier alpha value is -1.91. The van der Waals surface area contributed by atoms with Gasteiger partial charge in [0.15, 0.2) is 0 Å². The molecular formula is C15H12ClN3S. The van der Waals surface area contributed by atoms with Crippen LogP contribution in [0.2, 0.25) is 5.02 Å². The van der Waals surface area contributed by atoms with Crippen LogP contribution in [0.3, 0.4) is 0 Å². The maximum Gasteiger partial charge on any atom is 0.140 e. The summed E-state index contributed by atoms with van der Waals surface area (Å²) in [5.41, 5.74) is 5.78. The average molecular weight is 302 g/mol. The smallest absolute Gasteiger partial charge is 0.140 e. The molecule has 1 heterocycles. The summed E-state index contributed by atoms with van der Waals surface area (Å²) in [7, 11) is 0. The number of hydrogen-bond acceptors (Lipinski definition) is 4. The van der Waals surface area contributed by atoms with Crippen LogP contribution in [0.5, 0.6) is 0 Å². The van der Waals surface area contributed by atoms with Crippen molar-refractivity contribution in [3.8, 4) is 0 Å². The van der Waals surface area contributed by atoms with Gasteiger partial charge in [-0.2, -0.15) is 5.10 Å². The first kappa shape index (κ1) is 13.1. The highest BCUT2D eigenvalue weighted by Gasteiger charge is 2.05. The fourth-order valence-corrected chi connectivity index (χ4v) is 2.78. The van der Waals surface area contributed by atoms with E-state index in [1.165, 1.54) is 4.70 Å². The molecule has 20 heavy (non-hydrogen) atoms. The first-order valence-electron chi connectivity index (χ1n) is 6.14. The molecule has 2 aromatic carbocycles. The lowest BCUT2D eigenvalue weighted by atomic mass is 10.3. The number of aromatic nitrogens is 1. The van der Waals surface area contributed by atoms with Crippen molar-refractivity contribution in [2.24, 2.45) is 5.10 Å². The number of para-hydroxylation sites is 1. The summed E-state index contributed by atoms with van der Waals surface area (Å²) in [6.45, 7) is 1.95. The molecule has 5 heteroatoms. The lowest BCUT2D eigenvalue weighted by Crippen LogP contribution is -1.98. The molecule has 0 bridgehead atoms. The monoisotopic (exact) mass is 301 g/mol. The van der Waals surface area contributed by atoms with E-state index in [2.05, 4.69) is 21.6 Å². The minimum Gasteiger partial charge on any atom is -0.278 e. The van der Waals surface area contributed by atoms with Crippen LogP contribution >= 0.6 is 22.9 Å².